The lowest BCUT2D eigenvalue weighted by atomic mass is 9.95. The predicted octanol–water partition coefficient (Wildman–Crippen LogP) is 4.38. The number of allylic oxidation sites excluding steroid dienone is 1. The minimum absolute atomic E-state index is 0.168. The van der Waals surface area contributed by atoms with Crippen LogP contribution in [0, 0.1) is 5.92 Å². The van der Waals surface area contributed by atoms with Crippen molar-refractivity contribution in [2.24, 2.45) is 5.92 Å². The average Bonchev–Trinajstić information content (AvgIpc) is 2.95. The van der Waals surface area contributed by atoms with Crippen molar-refractivity contribution in [1.29, 1.82) is 0 Å². The lowest BCUT2D eigenvalue weighted by Gasteiger charge is -2.13. The van der Waals surface area contributed by atoms with Gasteiger partial charge in [-0.15, -0.1) is 11.3 Å². The summed E-state index contributed by atoms with van der Waals surface area (Å²) in [6.45, 7) is 5.78. The van der Waals surface area contributed by atoms with E-state index >= 15 is 0 Å². The van der Waals surface area contributed by atoms with Crippen LogP contribution < -0.4 is 5.32 Å². The Morgan fingerprint density at radius 3 is 2.77 bits per heavy atom. The summed E-state index contributed by atoms with van der Waals surface area (Å²) < 4.78 is 31.5. The van der Waals surface area contributed by atoms with Crippen molar-refractivity contribution in [3.63, 3.8) is 0 Å². The second-order valence-corrected chi connectivity index (χ2v) is 6.91. The van der Waals surface area contributed by atoms with Crippen LogP contribution in [-0.4, -0.2) is 18.5 Å². The van der Waals surface area contributed by atoms with Gasteiger partial charge in [0.25, 0.3) is 5.92 Å². The molecule has 0 radical (unpaired) electrons. The molecule has 22 heavy (non-hydrogen) atoms. The van der Waals surface area contributed by atoms with E-state index in [1.54, 1.807) is 6.92 Å². The van der Waals surface area contributed by atoms with Crippen LogP contribution in [0.25, 0.3) is 0 Å². The molecule has 6 heteroatoms. The maximum atomic E-state index is 13.2. The van der Waals surface area contributed by atoms with Crippen LogP contribution in [0.5, 0.6) is 0 Å². The smallest absolute Gasteiger partial charge is 0.341 e. The number of hydrogen-bond acceptors (Lipinski definition) is 4. The number of thiophene rings is 1. The van der Waals surface area contributed by atoms with E-state index in [2.05, 4.69) is 11.9 Å². The SMILES string of the molecule is C=C(Nc1sc2c(c1C(=O)OCC)CCCC2)[C@H]1CC1(F)F. The van der Waals surface area contributed by atoms with Crippen molar-refractivity contribution in [1.82, 2.24) is 0 Å². The van der Waals surface area contributed by atoms with Crippen LogP contribution in [-0.2, 0) is 17.6 Å². The maximum Gasteiger partial charge on any atom is 0.341 e. The van der Waals surface area contributed by atoms with Crippen LogP contribution in [0.2, 0.25) is 0 Å². The van der Waals surface area contributed by atoms with Gasteiger partial charge in [0.1, 0.15) is 5.00 Å². The highest BCUT2D eigenvalue weighted by Gasteiger charge is 2.58. The van der Waals surface area contributed by atoms with Crippen LogP contribution in [0.3, 0.4) is 0 Å². The van der Waals surface area contributed by atoms with Gasteiger partial charge in [-0.05, 0) is 38.2 Å². The summed E-state index contributed by atoms with van der Waals surface area (Å²) in [7, 11) is 0. The van der Waals surface area contributed by atoms with Crippen molar-refractivity contribution in [3.8, 4) is 0 Å². The summed E-state index contributed by atoms with van der Waals surface area (Å²) in [5.41, 5.74) is 1.83. The quantitative estimate of drug-likeness (QED) is 0.816. The molecule has 1 atom stereocenters. The summed E-state index contributed by atoms with van der Waals surface area (Å²) in [4.78, 5) is 13.4. The number of alkyl halides is 2. The highest BCUT2D eigenvalue weighted by atomic mass is 32.1. The van der Waals surface area contributed by atoms with Gasteiger partial charge in [-0.25, -0.2) is 13.6 Å². The third-order valence-corrected chi connectivity index (χ3v) is 5.38. The molecule has 2 aliphatic rings. The van der Waals surface area contributed by atoms with E-state index in [0.717, 1.165) is 36.1 Å². The Morgan fingerprint density at radius 2 is 2.14 bits per heavy atom. The molecule has 1 aromatic rings. The van der Waals surface area contributed by atoms with E-state index < -0.39 is 11.8 Å². The summed E-state index contributed by atoms with van der Waals surface area (Å²) in [5.74, 6) is -3.87. The first-order valence-electron chi connectivity index (χ1n) is 7.59. The molecule has 2 aliphatic carbocycles. The number of esters is 1. The summed E-state index contributed by atoms with van der Waals surface area (Å²) in [5, 5.41) is 3.58. The van der Waals surface area contributed by atoms with E-state index in [4.69, 9.17) is 4.74 Å². The zero-order valence-corrected chi connectivity index (χ0v) is 13.3. The fraction of sp³-hybridized carbons (Fsp3) is 0.562. The molecule has 0 bridgehead atoms. The Bertz CT molecular complexity index is 624. The molecule has 120 valence electrons. The fourth-order valence-electron chi connectivity index (χ4n) is 2.90. The van der Waals surface area contributed by atoms with Gasteiger partial charge >= 0.3 is 5.97 Å². The molecule has 0 unspecified atom stereocenters. The van der Waals surface area contributed by atoms with Crippen molar-refractivity contribution in [2.45, 2.75) is 45.0 Å². The molecule has 0 saturated heterocycles. The Labute approximate surface area is 132 Å². The first-order valence-corrected chi connectivity index (χ1v) is 8.41. The Morgan fingerprint density at radius 1 is 1.45 bits per heavy atom. The number of ether oxygens (including phenoxy) is 1. The van der Waals surface area contributed by atoms with E-state index in [9.17, 15) is 13.6 Å². The van der Waals surface area contributed by atoms with Crippen molar-refractivity contribution in [2.75, 3.05) is 11.9 Å². The van der Waals surface area contributed by atoms with Crippen LogP contribution in [0.15, 0.2) is 12.3 Å². The molecule has 1 N–H and O–H groups in total. The van der Waals surface area contributed by atoms with Gasteiger partial charge in [-0.1, -0.05) is 6.58 Å². The fourth-order valence-corrected chi connectivity index (χ4v) is 4.21. The molecule has 1 fully saturated rings. The van der Waals surface area contributed by atoms with Crippen molar-refractivity contribution in [3.05, 3.63) is 28.3 Å². The summed E-state index contributed by atoms with van der Waals surface area (Å²) in [6, 6.07) is 0. The van der Waals surface area contributed by atoms with E-state index in [1.165, 1.54) is 11.3 Å². The molecule has 3 nitrogen and oxygen atoms in total. The third-order valence-electron chi connectivity index (χ3n) is 4.17. The number of anilines is 1. The molecule has 0 amide bonds. The number of carbonyl (C=O) groups is 1. The zero-order chi connectivity index (χ0) is 15.9. The first-order chi connectivity index (χ1) is 10.4. The predicted molar refractivity (Wildman–Crippen MR) is 82.7 cm³/mol. The molecule has 0 aromatic carbocycles. The average molecular weight is 327 g/mol. The largest absolute Gasteiger partial charge is 0.462 e. The number of nitrogens with one attached hydrogen (secondary N) is 1. The minimum Gasteiger partial charge on any atom is -0.462 e. The topological polar surface area (TPSA) is 38.3 Å². The Hall–Kier alpha value is -1.43. The third kappa shape index (κ3) is 2.76. The minimum atomic E-state index is -2.66. The van der Waals surface area contributed by atoms with Gasteiger partial charge in [0.2, 0.25) is 0 Å². The number of hydrogen-bond donors (Lipinski definition) is 1. The maximum absolute atomic E-state index is 13.2. The van der Waals surface area contributed by atoms with E-state index in [0.29, 0.717) is 17.2 Å². The van der Waals surface area contributed by atoms with E-state index in [1.807, 2.05) is 0 Å². The van der Waals surface area contributed by atoms with Gasteiger partial charge in [-0.3, -0.25) is 0 Å². The summed E-state index contributed by atoms with van der Waals surface area (Å²) >= 11 is 1.47. The number of rotatable bonds is 5. The van der Waals surface area contributed by atoms with Gasteiger partial charge in [0, 0.05) is 17.0 Å². The molecular weight excluding hydrogens is 308 g/mol. The van der Waals surface area contributed by atoms with Crippen LogP contribution in [0.1, 0.15) is 47.0 Å². The number of fused-ring (bicyclic) bond motifs is 1. The van der Waals surface area contributed by atoms with Gasteiger partial charge in [0.15, 0.2) is 0 Å². The highest BCUT2D eigenvalue weighted by Crippen LogP contribution is 2.53. The lowest BCUT2D eigenvalue weighted by Crippen LogP contribution is -2.12. The number of carbonyl (C=O) groups excluding carboxylic acids is 1. The molecule has 0 aliphatic heterocycles. The van der Waals surface area contributed by atoms with Crippen LogP contribution >= 0.6 is 11.3 Å². The monoisotopic (exact) mass is 327 g/mol. The first kappa shape index (κ1) is 15.5. The molecule has 1 aromatic heterocycles. The van der Waals surface area contributed by atoms with Gasteiger partial charge in [-0.2, -0.15) is 0 Å². The second kappa shape index (κ2) is 5.65. The van der Waals surface area contributed by atoms with Gasteiger partial charge in [0.05, 0.1) is 18.1 Å². The molecule has 0 spiro atoms. The summed E-state index contributed by atoms with van der Waals surface area (Å²) in [6.07, 6.45) is 3.74. The van der Waals surface area contributed by atoms with Gasteiger partial charge < -0.3 is 10.1 Å². The number of aryl methyl sites for hydroxylation is 1. The highest BCUT2D eigenvalue weighted by molar-refractivity contribution is 7.16. The number of halogens is 2. The normalized spacial score (nSPS) is 21.9. The molecule has 1 saturated carbocycles. The Kier molecular flexibility index (Phi) is 3.97. The molecule has 3 rings (SSSR count). The second-order valence-electron chi connectivity index (χ2n) is 5.80. The van der Waals surface area contributed by atoms with Crippen LogP contribution in [0.4, 0.5) is 13.8 Å². The molecule has 1 heterocycles. The molecular formula is C16H19F2NO2S. The van der Waals surface area contributed by atoms with E-state index in [-0.39, 0.29) is 18.1 Å². The standard InChI is InChI=1S/C16H19F2NO2S/c1-3-21-15(20)13-10-6-4-5-7-12(10)22-14(13)19-9(2)11-8-16(11,17)18/h11,19H,2-8H2,1H3/t11-/m1/s1. The Balaban J connectivity index is 1.88. The zero-order valence-electron chi connectivity index (χ0n) is 12.5. The lowest BCUT2D eigenvalue weighted by molar-refractivity contribution is 0.0526. The van der Waals surface area contributed by atoms with Crippen molar-refractivity contribution >= 4 is 22.3 Å². The van der Waals surface area contributed by atoms with Crippen molar-refractivity contribution < 1.29 is 18.3 Å².